The van der Waals surface area contributed by atoms with Gasteiger partial charge in [-0.2, -0.15) is 0 Å². The van der Waals surface area contributed by atoms with Crippen LogP contribution in [0.5, 0.6) is 0 Å². The minimum atomic E-state index is -1.16. The van der Waals surface area contributed by atoms with E-state index < -0.39 is 36.5 Å². The molecular formula is C22H44O5S. The van der Waals surface area contributed by atoms with E-state index in [0.717, 1.165) is 12.2 Å². The molecule has 0 radical (unpaired) electrons. The van der Waals surface area contributed by atoms with Gasteiger partial charge in [-0.05, 0) is 12.2 Å². The largest absolute Gasteiger partial charge is 0.394 e. The Labute approximate surface area is 176 Å². The second kappa shape index (κ2) is 16.9. The minimum absolute atomic E-state index is 0.481. The molecule has 5 nitrogen and oxygen atoms in total. The van der Waals surface area contributed by atoms with Crippen molar-refractivity contribution in [2.24, 2.45) is 0 Å². The van der Waals surface area contributed by atoms with Gasteiger partial charge in [-0.1, -0.05) is 90.4 Å². The van der Waals surface area contributed by atoms with Gasteiger partial charge in [-0.15, -0.1) is 11.8 Å². The Kier molecular flexibility index (Phi) is 15.8. The summed E-state index contributed by atoms with van der Waals surface area (Å²) < 4.78 is 5.51. The minimum Gasteiger partial charge on any atom is -0.394 e. The van der Waals surface area contributed by atoms with Crippen LogP contribution < -0.4 is 0 Å². The van der Waals surface area contributed by atoms with Crippen molar-refractivity contribution in [3.8, 4) is 0 Å². The van der Waals surface area contributed by atoms with E-state index in [-0.39, 0.29) is 0 Å². The van der Waals surface area contributed by atoms with Gasteiger partial charge in [0.1, 0.15) is 29.9 Å². The van der Waals surface area contributed by atoms with Gasteiger partial charge < -0.3 is 25.2 Å². The summed E-state index contributed by atoms with van der Waals surface area (Å²) in [5, 5.41) is 38.5. The highest BCUT2D eigenvalue weighted by molar-refractivity contribution is 7.99. The van der Waals surface area contributed by atoms with Crippen molar-refractivity contribution in [2.75, 3.05) is 12.4 Å². The highest BCUT2D eigenvalue weighted by atomic mass is 32.2. The molecule has 1 aliphatic heterocycles. The number of thioether (sulfide) groups is 1. The topological polar surface area (TPSA) is 90.2 Å². The van der Waals surface area contributed by atoms with Gasteiger partial charge in [0.2, 0.25) is 0 Å². The summed E-state index contributed by atoms with van der Waals surface area (Å²) in [7, 11) is 0. The molecule has 6 heteroatoms. The molecule has 0 bridgehead atoms. The first-order chi connectivity index (χ1) is 13.6. The average Bonchev–Trinajstić information content (AvgIpc) is 2.98. The number of hydrogen-bond donors (Lipinski definition) is 4. The van der Waals surface area contributed by atoms with E-state index in [1.54, 1.807) is 0 Å². The molecule has 0 unspecified atom stereocenters. The predicted molar refractivity (Wildman–Crippen MR) is 117 cm³/mol. The maximum Gasteiger partial charge on any atom is 0.132 e. The maximum absolute atomic E-state index is 10.00. The Hall–Kier alpha value is 0.150. The third-order valence-corrected chi connectivity index (χ3v) is 6.85. The van der Waals surface area contributed by atoms with E-state index in [1.807, 2.05) is 0 Å². The summed E-state index contributed by atoms with van der Waals surface area (Å²) >= 11 is 1.49. The molecule has 0 aromatic carbocycles. The molecule has 1 aliphatic rings. The fourth-order valence-electron chi connectivity index (χ4n) is 3.73. The monoisotopic (exact) mass is 420 g/mol. The van der Waals surface area contributed by atoms with E-state index in [9.17, 15) is 15.3 Å². The number of aliphatic hydroxyl groups is 4. The molecule has 0 aromatic heterocycles. The van der Waals surface area contributed by atoms with Crippen LogP contribution in [0.15, 0.2) is 0 Å². The fraction of sp³-hybridized carbons (Fsp3) is 1.00. The SMILES string of the molecule is CCCCCCCCCCCCCCCCS[C@@H]1O[C@@H]([C@H](O)CO)[C@H](O)[C@H]1O. The molecule has 0 amide bonds. The zero-order valence-corrected chi connectivity index (χ0v) is 18.6. The number of hydrogen-bond acceptors (Lipinski definition) is 6. The van der Waals surface area contributed by atoms with E-state index in [4.69, 9.17) is 9.84 Å². The average molecular weight is 421 g/mol. The lowest BCUT2D eigenvalue weighted by Gasteiger charge is -2.18. The highest BCUT2D eigenvalue weighted by Crippen LogP contribution is 2.31. The standard InChI is InChI=1S/C22H44O5S/c1-2-3-4-5-6-7-8-9-10-11-12-13-14-15-16-28-22-20(26)19(25)21(27-22)18(24)17-23/h18-26H,2-17H2,1H3/t18-,19-,20-,21+,22+/m1/s1. The summed E-state index contributed by atoms with van der Waals surface area (Å²) in [4.78, 5) is 0. The Bertz CT molecular complexity index is 358. The smallest absolute Gasteiger partial charge is 0.132 e. The number of rotatable bonds is 18. The molecule has 0 saturated carbocycles. The second-order valence-electron chi connectivity index (χ2n) is 8.17. The van der Waals surface area contributed by atoms with Crippen molar-refractivity contribution >= 4 is 11.8 Å². The lowest BCUT2D eigenvalue weighted by atomic mass is 10.0. The lowest BCUT2D eigenvalue weighted by Crippen LogP contribution is -2.40. The quantitative estimate of drug-likeness (QED) is 0.251. The van der Waals surface area contributed by atoms with Crippen LogP contribution in [0.25, 0.3) is 0 Å². The van der Waals surface area contributed by atoms with Gasteiger partial charge >= 0.3 is 0 Å². The molecule has 0 spiro atoms. The van der Waals surface area contributed by atoms with Crippen LogP contribution in [0.4, 0.5) is 0 Å². The van der Waals surface area contributed by atoms with Gasteiger partial charge in [-0.25, -0.2) is 0 Å². The third-order valence-electron chi connectivity index (χ3n) is 5.60. The molecule has 4 N–H and O–H groups in total. The van der Waals surface area contributed by atoms with Crippen molar-refractivity contribution in [1.82, 2.24) is 0 Å². The molecule has 0 aliphatic carbocycles. The van der Waals surface area contributed by atoms with E-state index in [2.05, 4.69) is 6.92 Å². The Morgan fingerprint density at radius 1 is 0.750 bits per heavy atom. The van der Waals surface area contributed by atoms with Crippen LogP contribution in [-0.4, -0.2) is 62.6 Å². The van der Waals surface area contributed by atoms with Crippen LogP contribution in [0, 0.1) is 0 Å². The number of unbranched alkanes of at least 4 members (excludes halogenated alkanes) is 13. The third kappa shape index (κ3) is 10.8. The Morgan fingerprint density at radius 3 is 1.68 bits per heavy atom. The van der Waals surface area contributed by atoms with Crippen molar-refractivity contribution < 1.29 is 25.2 Å². The van der Waals surface area contributed by atoms with Crippen molar-refractivity contribution in [3.63, 3.8) is 0 Å². The highest BCUT2D eigenvalue weighted by Gasteiger charge is 2.45. The molecule has 5 atom stereocenters. The molecule has 28 heavy (non-hydrogen) atoms. The van der Waals surface area contributed by atoms with Crippen molar-refractivity contribution in [1.29, 1.82) is 0 Å². The molecule has 0 aromatic rings. The predicted octanol–water partition coefficient (Wildman–Crippen LogP) is 4.00. The summed E-state index contributed by atoms with van der Waals surface area (Å²) in [6.45, 7) is 1.78. The molecule has 1 heterocycles. The molecule has 168 valence electrons. The molecule has 1 rings (SSSR count). The van der Waals surface area contributed by atoms with Gasteiger partial charge in [0, 0.05) is 0 Å². The van der Waals surface area contributed by atoms with Crippen LogP contribution >= 0.6 is 11.8 Å². The van der Waals surface area contributed by atoms with Gasteiger partial charge in [-0.3, -0.25) is 0 Å². The molecule has 1 saturated heterocycles. The van der Waals surface area contributed by atoms with E-state index >= 15 is 0 Å². The van der Waals surface area contributed by atoms with Crippen molar-refractivity contribution in [2.45, 2.75) is 127 Å². The summed E-state index contributed by atoms with van der Waals surface area (Å²) in [6.07, 6.45) is 14.4. The molecule has 1 fully saturated rings. The van der Waals surface area contributed by atoms with Crippen molar-refractivity contribution in [3.05, 3.63) is 0 Å². The first-order valence-electron chi connectivity index (χ1n) is 11.5. The van der Waals surface area contributed by atoms with Gasteiger partial charge in [0.25, 0.3) is 0 Å². The van der Waals surface area contributed by atoms with E-state index in [1.165, 1.54) is 95.2 Å². The van der Waals surface area contributed by atoms with Gasteiger partial charge in [0.05, 0.1) is 6.61 Å². The van der Waals surface area contributed by atoms with E-state index in [0.29, 0.717) is 0 Å². The Balaban J connectivity index is 1.88. The van der Waals surface area contributed by atoms with Crippen LogP contribution in [0.1, 0.15) is 96.8 Å². The second-order valence-corrected chi connectivity index (χ2v) is 9.37. The molecular weight excluding hydrogens is 376 g/mol. The maximum atomic E-state index is 10.00. The first kappa shape index (κ1) is 26.2. The van der Waals surface area contributed by atoms with Crippen LogP contribution in [0.2, 0.25) is 0 Å². The summed E-state index contributed by atoms with van der Waals surface area (Å²) in [5.74, 6) is 0.869. The normalized spacial score (nSPS) is 26.0. The zero-order valence-electron chi connectivity index (χ0n) is 17.8. The Morgan fingerprint density at radius 2 is 1.21 bits per heavy atom. The number of aliphatic hydroxyl groups excluding tert-OH is 4. The summed E-state index contributed by atoms with van der Waals surface area (Å²) in [6, 6.07) is 0. The first-order valence-corrected chi connectivity index (χ1v) is 12.6. The number of ether oxygens (including phenoxy) is 1. The zero-order chi connectivity index (χ0) is 20.6. The summed E-state index contributed by atoms with van der Waals surface area (Å²) in [5.41, 5.74) is -0.525. The van der Waals surface area contributed by atoms with Crippen LogP contribution in [-0.2, 0) is 4.74 Å². The fourth-order valence-corrected chi connectivity index (χ4v) is 4.90. The van der Waals surface area contributed by atoms with Crippen LogP contribution in [0.3, 0.4) is 0 Å². The van der Waals surface area contributed by atoms with Gasteiger partial charge in [0.15, 0.2) is 0 Å². The lowest BCUT2D eigenvalue weighted by molar-refractivity contribution is -0.0713.